The third kappa shape index (κ3) is 5.12. The molecule has 1 aliphatic rings. The number of ketones is 1. The Bertz CT molecular complexity index is 1400. The second-order valence-corrected chi connectivity index (χ2v) is 9.14. The normalized spacial score (nSPS) is 15.7. The van der Waals surface area contributed by atoms with Crippen LogP contribution in [0.4, 0.5) is 5.82 Å². The van der Waals surface area contributed by atoms with E-state index in [9.17, 15) is 9.59 Å². The summed E-state index contributed by atoms with van der Waals surface area (Å²) in [7, 11) is 0. The van der Waals surface area contributed by atoms with E-state index in [-0.39, 0.29) is 36.3 Å². The molecule has 0 saturated carbocycles. The van der Waals surface area contributed by atoms with Gasteiger partial charge in [-0.05, 0) is 24.5 Å². The zero-order chi connectivity index (χ0) is 23.7. The lowest BCUT2D eigenvalue weighted by Crippen LogP contribution is -2.43. The highest BCUT2D eigenvalue weighted by Gasteiger charge is 2.26. The zero-order valence-electron chi connectivity index (χ0n) is 19.1. The summed E-state index contributed by atoms with van der Waals surface area (Å²) in [5, 5.41) is 5.42. The summed E-state index contributed by atoms with van der Waals surface area (Å²) in [6.45, 7) is 1.47. The van der Waals surface area contributed by atoms with Crippen LogP contribution in [0.25, 0.3) is 5.52 Å². The molecule has 1 saturated heterocycles. The summed E-state index contributed by atoms with van der Waals surface area (Å²) in [6.07, 6.45) is 5.75. The van der Waals surface area contributed by atoms with Gasteiger partial charge in [0.15, 0.2) is 11.6 Å². The quantitative estimate of drug-likeness (QED) is 0.395. The van der Waals surface area contributed by atoms with Crippen LogP contribution < -0.4 is 16.2 Å². The first-order valence-electron chi connectivity index (χ1n) is 11.4. The molecule has 182 valence electrons. The van der Waals surface area contributed by atoms with Gasteiger partial charge in [-0.3, -0.25) is 9.59 Å². The lowest BCUT2D eigenvalue weighted by Gasteiger charge is -2.31. The Kier molecular flexibility index (Phi) is 7.60. The fourth-order valence-corrected chi connectivity index (χ4v) is 4.79. The number of hydrogen-bond donors (Lipinski definition) is 1. The number of carbonyl (C=O) groups is 1. The minimum absolute atomic E-state index is 0. The Morgan fingerprint density at radius 1 is 1.09 bits per heavy atom. The number of piperidine rings is 1. The van der Waals surface area contributed by atoms with Gasteiger partial charge in [-0.1, -0.05) is 60.1 Å². The fraction of sp³-hybridized carbons (Fsp3) is 0.269. The molecule has 2 aromatic heterocycles. The summed E-state index contributed by atoms with van der Waals surface area (Å²) in [4.78, 5) is 28.6. The van der Waals surface area contributed by atoms with Crippen molar-refractivity contribution in [1.82, 2.24) is 14.2 Å². The molecule has 0 radical (unpaired) electrons. The van der Waals surface area contributed by atoms with Gasteiger partial charge < -0.3 is 15.2 Å². The van der Waals surface area contributed by atoms with Crippen molar-refractivity contribution < 1.29 is 4.79 Å². The first-order valence-corrected chi connectivity index (χ1v) is 11.8. The zero-order valence-corrected chi connectivity index (χ0v) is 20.7. The van der Waals surface area contributed by atoms with E-state index in [0.717, 1.165) is 36.3 Å². The maximum Gasteiger partial charge on any atom is 0.277 e. The molecule has 2 aromatic carbocycles. The molecule has 0 bridgehead atoms. The molecule has 1 aliphatic heterocycles. The van der Waals surface area contributed by atoms with Crippen molar-refractivity contribution in [2.75, 3.05) is 18.0 Å². The predicted octanol–water partition coefficient (Wildman–Crippen LogP) is 3.97. The van der Waals surface area contributed by atoms with E-state index in [0.29, 0.717) is 29.1 Å². The second kappa shape index (κ2) is 10.6. The minimum Gasteiger partial charge on any atom is -0.353 e. The van der Waals surface area contributed by atoms with Crippen molar-refractivity contribution in [2.45, 2.75) is 31.8 Å². The minimum atomic E-state index is -0.256. The van der Waals surface area contributed by atoms with Crippen molar-refractivity contribution >= 4 is 41.1 Å². The molecule has 3 heterocycles. The van der Waals surface area contributed by atoms with Crippen LogP contribution in [-0.4, -0.2) is 39.1 Å². The van der Waals surface area contributed by atoms with Gasteiger partial charge in [0, 0.05) is 54.1 Å². The van der Waals surface area contributed by atoms with Crippen LogP contribution in [0.15, 0.2) is 71.8 Å². The molecule has 9 heteroatoms. The van der Waals surface area contributed by atoms with Crippen molar-refractivity contribution in [3.8, 4) is 0 Å². The molecule has 0 amide bonds. The number of rotatable bonds is 6. The molecule has 4 aromatic rings. The van der Waals surface area contributed by atoms with Crippen LogP contribution >= 0.6 is 24.0 Å². The number of hydrogen-bond acceptors (Lipinski definition) is 5. The summed E-state index contributed by atoms with van der Waals surface area (Å²) in [6, 6.07) is 16.7. The molecule has 2 N–H and O–H groups in total. The summed E-state index contributed by atoms with van der Waals surface area (Å²) < 4.78 is 3.07. The molecule has 0 spiro atoms. The summed E-state index contributed by atoms with van der Waals surface area (Å²) in [5.41, 5.74) is 8.73. The van der Waals surface area contributed by atoms with Crippen LogP contribution in [0.3, 0.4) is 0 Å². The molecule has 1 fully saturated rings. The Morgan fingerprint density at radius 2 is 1.83 bits per heavy atom. The first-order chi connectivity index (χ1) is 16.5. The van der Waals surface area contributed by atoms with Crippen molar-refractivity contribution in [3.63, 3.8) is 0 Å². The number of fused-ring (bicyclic) bond motifs is 1. The molecule has 7 nitrogen and oxygen atoms in total. The van der Waals surface area contributed by atoms with Crippen LogP contribution in [0.1, 0.15) is 34.3 Å². The van der Waals surface area contributed by atoms with Crippen molar-refractivity contribution in [1.29, 1.82) is 0 Å². The SMILES string of the molecule is Cl.N[C@@H]1CCCN(c2nn3ccn(CC(=O)c4ccccc4)c(=O)c3c2Cc2ccccc2Cl)C1. The molecule has 1 atom stereocenters. The predicted molar refractivity (Wildman–Crippen MR) is 141 cm³/mol. The highest BCUT2D eigenvalue weighted by Crippen LogP contribution is 2.29. The molecule has 35 heavy (non-hydrogen) atoms. The van der Waals surface area contributed by atoms with Gasteiger partial charge in [0.25, 0.3) is 5.56 Å². The highest BCUT2D eigenvalue weighted by atomic mass is 35.5. The topological polar surface area (TPSA) is 85.6 Å². The van der Waals surface area contributed by atoms with Crippen LogP contribution in [0.2, 0.25) is 5.02 Å². The smallest absolute Gasteiger partial charge is 0.277 e. The van der Waals surface area contributed by atoms with E-state index in [1.165, 1.54) is 4.57 Å². The summed E-state index contributed by atoms with van der Waals surface area (Å²) in [5.74, 6) is 0.626. The first kappa shape index (κ1) is 25.0. The molecule has 5 rings (SSSR count). The lowest BCUT2D eigenvalue weighted by atomic mass is 10.0. The van der Waals surface area contributed by atoms with Crippen LogP contribution in [0.5, 0.6) is 0 Å². The largest absolute Gasteiger partial charge is 0.353 e. The average Bonchev–Trinajstić information content (AvgIpc) is 3.22. The Balaban J connectivity index is 0.00000289. The monoisotopic (exact) mass is 511 g/mol. The van der Waals surface area contributed by atoms with Gasteiger partial charge in [-0.25, -0.2) is 4.52 Å². The number of nitrogens with two attached hydrogens (primary N) is 1. The van der Waals surface area contributed by atoms with E-state index in [1.54, 1.807) is 29.0 Å². The van der Waals surface area contributed by atoms with E-state index >= 15 is 0 Å². The number of benzene rings is 2. The average molecular weight is 512 g/mol. The summed E-state index contributed by atoms with van der Waals surface area (Å²) >= 11 is 6.47. The standard InChI is InChI=1S/C26H26ClN5O2.ClH/c27-22-11-5-4-9-19(22)15-21-24-26(34)31(17-23(33)18-7-2-1-3-8-18)13-14-32(24)29-25(21)30-12-6-10-20(28)16-30;/h1-5,7-9,11,13-14,20H,6,10,12,15-17,28H2;1H/t20-;/m1./s1. The number of nitrogens with zero attached hydrogens (tertiary/aromatic N) is 4. The Labute approximate surface area is 214 Å². The lowest BCUT2D eigenvalue weighted by molar-refractivity contribution is 0.0971. The maximum absolute atomic E-state index is 13.6. The third-order valence-corrected chi connectivity index (χ3v) is 6.70. The van der Waals surface area contributed by atoms with Gasteiger partial charge in [0.05, 0.1) is 6.54 Å². The Hall–Kier alpha value is -3.13. The van der Waals surface area contributed by atoms with Crippen LogP contribution in [-0.2, 0) is 13.0 Å². The molecular formula is C26H27Cl2N5O2. The van der Waals surface area contributed by atoms with E-state index in [1.807, 2.05) is 42.5 Å². The molecular weight excluding hydrogens is 485 g/mol. The van der Waals surface area contributed by atoms with Gasteiger partial charge in [0.1, 0.15) is 5.52 Å². The van der Waals surface area contributed by atoms with Gasteiger partial charge in [-0.15, -0.1) is 17.5 Å². The maximum atomic E-state index is 13.6. The number of aromatic nitrogens is 3. The van der Waals surface area contributed by atoms with Crippen molar-refractivity contribution in [3.05, 3.63) is 99.1 Å². The van der Waals surface area contributed by atoms with Gasteiger partial charge in [-0.2, -0.15) is 0 Å². The van der Waals surface area contributed by atoms with E-state index < -0.39 is 0 Å². The fourth-order valence-electron chi connectivity index (χ4n) is 4.58. The number of halogens is 2. The third-order valence-electron chi connectivity index (χ3n) is 6.33. The van der Waals surface area contributed by atoms with Gasteiger partial charge >= 0.3 is 0 Å². The highest BCUT2D eigenvalue weighted by molar-refractivity contribution is 6.31. The number of carbonyl (C=O) groups excluding carboxylic acids is 1. The molecule has 0 aliphatic carbocycles. The van der Waals surface area contributed by atoms with Crippen molar-refractivity contribution in [2.24, 2.45) is 5.73 Å². The van der Waals surface area contributed by atoms with Gasteiger partial charge in [0.2, 0.25) is 0 Å². The molecule has 0 unspecified atom stereocenters. The second-order valence-electron chi connectivity index (χ2n) is 8.73. The van der Waals surface area contributed by atoms with E-state index in [4.69, 9.17) is 22.4 Å². The number of Topliss-reactive ketones (excluding diaryl/α,β-unsaturated/α-hetero) is 1. The number of anilines is 1. The van der Waals surface area contributed by atoms with Crippen LogP contribution in [0, 0.1) is 0 Å². The Morgan fingerprint density at radius 3 is 2.57 bits per heavy atom. The van der Waals surface area contributed by atoms with E-state index in [2.05, 4.69) is 4.90 Å².